The fourth-order valence-corrected chi connectivity index (χ4v) is 2.81. The Hall–Kier alpha value is -2.46. The second kappa shape index (κ2) is 7.20. The van der Waals surface area contributed by atoms with Crippen LogP contribution in [-0.2, 0) is 4.79 Å². The first kappa shape index (κ1) is 15.4. The summed E-state index contributed by atoms with van der Waals surface area (Å²) in [5.74, 6) is -0.0280. The number of piperidine rings is 1. The molecule has 0 radical (unpaired) electrons. The summed E-state index contributed by atoms with van der Waals surface area (Å²) in [6.45, 7) is 1.69. The van der Waals surface area contributed by atoms with Gasteiger partial charge < -0.3 is 10.6 Å². The molecule has 3 rings (SSSR count). The first-order valence-electron chi connectivity index (χ1n) is 7.95. The lowest BCUT2D eigenvalue weighted by molar-refractivity contribution is -0.120. The lowest BCUT2D eigenvalue weighted by Gasteiger charge is -2.22. The molecule has 1 fully saturated rings. The number of rotatable bonds is 4. The zero-order chi connectivity index (χ0) is 16.1. The third kappa shape index (κ3) is 3.85. The fourth-order valence-electron chi connectivity index (χ4n) is 2.81. The number of amides is 1. The highest BCUT2D eigenvalue weighted by molar-refractivity contribution is 6.09. The number of hydrogen-bond donors (Lipinski definition) is 2. The van der Waals surface area contributed by atoms with Gasteiger partial charge in [-0.15, -0.1) is 0 Å². The molecular formula is C19H20N2O2. The quantitative estimate of drug-likeness (QED) is 0.854. The molecule has 4 heteroatoms. The van der Waals surface area contributed by atoms with Crippen LogP contribution >= 0.6 is 0 Å². The molecule has 1 aliphatic rings. The minimum Gasteiger partial charge on any atom is -0.326 e. The summed E-state index contributed by atoms with van der Waals surface area (Å²) >= 11 is 0. The number of ketones is 1. The molecule has 0 spiro atoms. The van der Waals surface area contributed by atoms with Gasteiger partial charge in [-0.05, 0) is 31.5 Å². The Morgan fingerprint density at radius 3 is 2.52 bits per heavy atom. The molecule has 1 atom stereocenters. The van der Waals surface area contributed by atoms with Crippen LogP contribution in [0.5, 0.6) is 0 Å². The molecule has 0 aromatic heterocycles. The van der Waals surface area contributed by atoms with Crippen LogP contribution in [0, 0.1) is 5.92 Å². The minimum absolute atomic E-state index is 0.00256. The monoisotopic (exact) mass is 308 g/mol. The van der Waals surface area contributed by atoms with Crippen LogP contribution in [0.2, 0.25) is 0 Å². The molecule has 1 amide bonds. The van der Waals surface area contributed by atoms with Crippen molar-refractivity contribution in [3.05, 3.63) is 65.7 Å². The fraction of sp³-hybridized carbons (Fsp3) is 0.263. The van der Waals surface area contributed by atoms with Crippen molar-refractivity contribution in [3.63, 3.8) is 0 Å². The molecule has 0 saturated carbocycles. The lowest BCUT2D eigenvalue weighted by atomic mass is 9.98. The molecule has 2 aromatic rings. The Labute approximate surface area is 135 Å². The van der Waals surface area contributed by atoms with E-state index in [1.54, 1.807) is 30.3 Å². The minimum atomic E-state index is -0.0407. The SMILES string of the molecule is O=C(c1ccccc1)c1cccc(NC(=O)C2CCCNC2)c1. The van der Waals surface area contributed by atoms with Gasteiger partial charge in [0.25, 0.3) is 0 Å². The van der Waals surface area contributed by atoms with E-state index in [2.05, 4.69) is 10.6 Å². The van der Waals surface area contributed by atoms with E-state index in [-0.39, 0.29) is 17.6 Å². The van der Waals surface area contributed by atoms with Gasteiger partial charge in [-0.3, -0.25) is 9.59 Å². The van der Waals surface area contributed by atoms with Gasteiger partial charge in [0.05, 0.1) is 5.92 Å². The van der Waals surface area contributed by atoms with Gasteiger partial charge in [0, 0.05) is 23.4 Å². The molecule has 0 aliphatic carbocycles. The second-order valence-corrected chi connectivity index (χ2v) is 5.81. The van der Waals surface area contributed by atoms with E-state index in [0.717, 1.165) is 19.4 Å². The number of carbonyl (C=O) groups excluding carboxylic acids is 2. The number of hydrogen-bond acceptors (Lipinski definition) is 3. The Morgan fingerprint density at radius 2 is 1.78 bits per heavy atom. The molecule has 2 aromatic carbocycles. The smallest absolute Gasteiger partial charge is 0.228 e. The van der Waals surface area contributed by atoms with Crippen LogP contribution in [0.1, 0.15) is 28.8 Å². The summed E-state index contributed by atoms with van der Waals surface area (Å²) in [4.78, 5) is 24.7. The molecule has 118 valence electrons. The Morgan fingerprint density at radius 1 is 1.00 bits per heavy atom. The predicted molar refractivity (Wildman–Crippen MR) is 90.5 cm³/mol. The Bertz CT molecular complexity index is 692. The molecule has 4 nitrogen and oxygen atoms in total. The molecular weight excluding hydrogens is 288 g/mol. The normalized spacial score (nSPS) is 17.5. The Balaban J connectivity index is 1.72. The van der Waals surface area contributed by atoms with Gasteiger partial charge >= 0.3 is 0 Å². The average Bonchev–Trinajstić information content (AvgIpc) is 2.63. The molecule has 1 unspecified atom stereocenters. The highest BCUT2D eigenvalue weighted by Gasteiger charge is 2.21. The topological polar surface area (TPSA) is 58.2 Å². The van der Waals surface area contributed by atoms with Crippen molar-refractivity contribution in [1.82, 2.24) is 5.32 Å². The number of nitrogens with one attached hydrogen (secondary N) is 2. The van der Waals surface area contributed by atoms with Crippen molar-refractivity contribution in [2.75, 3.05) is 18.4 Å². The predicted octanol–water partition coefficient (Wildman–Crippen LogP) is 2.86. The van der Waals surface area contributed by atoms with Crippen LogP contribution in [0.4, 0.5) is 5.69 Å². The van der Waals surface area contributed by atoms with Gasteiger partial charge in [0.1, 0.15) is 0 Å². The van der Waals surface area contributed by atoms with Crippen LogP contribution < -0.4 is 10.6 Å². The summed E-state index contributed by atoms with van der Waals surface area (Å²) in [7, 11) is 0. The standard InChI is InChI=1S/C19H20N2O2/c22-18(14-6-2-1-3-7-14)15-8-4-10-17(12-15)21-19(23)16-9-5-11-20-13-16/h1-4,6-8,10,12,16,20H,5,9,11,13H2,(H,21,23). The Kier molecular flexibility index (Phi) is 4.83. The van der Waals surface area contributed by atoms with Crippen LogP contribution in [0.25, 0.3) is 0 Å². The number of carbonyl (C=O) groups is 2. The van der Waals surface area contributed by atoms with E-state index in [0.29, 0.717) is 23.4 Å². The molecule has 1 heterocycles. The van der Waals surface area contributed by atoms with Crippen molar-refractivity contribution in [2.24, 2.45) is 5.92 Å². The molecule has 1 aliphatic heterocycles. The van der Waals surface area contributed by atoms with Gasteiger partial charge in [0.2, 0.25) is 5.91 Å². The first-order chi connectivity index (χ1) is 11.2. The van der Waals surface area contributed by atoms with Gasteiger partial charge in [-0.2, -0.15) is 0 Å². The third-order valence-corrected chi connectivity index (χ3v) is 4.10. The molecule has 2 N–H and O–H groups in total. The van der Waals surface area contributed by atoms with Gasteiger partial charge in [0.15, 0.2) is 5.78 Å². The van der Waals surface area contributed by atoms with Crippen molar-refractivity contribution < 1.29 is 9.59 Å². The maximum absolute atomic E-state index is 12.5. The maximum Gasteiger partial charge on any atom is 0.228 e. The third-order valence-electron chi connectivity index (χ3n) is 4.10. The van der Waals surface area contributed by atoms with Gasteiger partial charge in [-0.25, -0.2) is 0 Å². The van der Waals surface area contributed by atoms with E-state index in [4.69, 9.17) is 0 Å². The van der Waals surface area contributed by atoms with Crippen molar-refractivity contribution in [1.29, 1.82) is 0 Å². The van der Waals surface area contributed by atoms with E-state index in [9.17, 15) is 9.59 Å². The molecule has 23 heavy (non-hydrogen) atoms. The average molecular weight is 308 g/mol. The van der Waals surface area contributed by atoms with E-state index in [1.807, 2.05) is 24.3 Å². The van der Waals surface area contributed by atoms with Crippen molar-refractivity contribution in [2.45, 2.75) is 12.8 Å². The van der Waals surface area contributed by atoms with Crippen LogP contribution in [-0.4, -0.2) is 24.8 Å². The summed E-state index contributed by atoms with van der Waals surface area (Å²) in [6.07, 6.45) is 1.92. The van der Waals surface area contributed by atoms with E-state index < -0.39 is 0 Å². The van der Waals surface area contributed by atoms with Crippen molar-refractivity contribution >= 4 is 17.4 Å². The summed E-state index contributed by atoms with van der Waals surface area (Å²) in [5.41, 5.74) is 1.89. The van der Waals surface area contributed by atoms with E-state index >= 15 is 0 Å². The zero-order valence-electron chi connectivity index (χ0n) is 12.9. The highest BCUT2D eigenvalue weighted by atomic mass is 16.2. The van der Waals surface area contributed by atoms with Crippen LogP contribution in [0.15, 0.2) is 54.6 Å². The maximum atomic E-state index is 12.5. The summed E-state index contributed by atoms with van der Waals surface area (Å²) in [5, 5.41) is 6.16. The molecule has 0 bridgehead atoms. The first-order valence-corrected chi connectivity index (χ1v) is 7.95. The number of benzene rings is 2. The molecule has 1 saturated heterocycles. The summed E-state index contributed by atoms with van der Waals surface area (Å²) < 4.78 is 0. The van der Waals surface area contributed by atoms with Crippen LogP contribution in [0.3, 0.4) is 0 Å². The number of anilines is 1. The van der Waals surface area contributed by atoms with Gasteiger partial charge in [-0.1, -0.05) is 42.5 Å². The van der Waals surface area contributed by atoms with E-state index in [1.165, 1.54) is 0 Å². The largest absolute Gasteiger partial charge is 0.326 e. The zero-order valence-corrected chi connectivity index (χ0v) is 12.9. The highest BCUT2D eigenvalue weighted by Crippen LogP contribution is 2.17. The lowest BCUT2D eigenvalue weighted by Crippen LogP contribution is -2.37. The summed E-state index contributed by atoms with van der Waals surface area (Å²) in [6, 6.07) is 16.3. The second-order valence-electron chi connectivity index (χ2n) is 5.81. The van der Waals surface area contributed by atoms with Crippen molar-refractivity contribution in [3.8, 4) is 0 Å².